The van der Waals surface area contributed by atoms with E-state index < -0.39 is 0 Å². The van der Waals surface area contributed by atoms with Gasteiger partial charge in [-0.3, -0.25) is 15.1 Å². The van der Waals surface area contributed by atoms with Gasteiger partial charge in [-0.15, -0.1) is 0 Å². The van der Waals surface area contributed by atoms with Gasteiger partial charge in [0.25, 0.3) is 5.91 Å². The smallest absolute Gasteiger partial charge is 0.257 e. The average Bonchev–Trinajstić information content (AvgIpc) is 2.97. The highest BCUT2D eigenvalue weighted by Gasteiger charge is 2.11. The summed E-state index contributed by atoms with van der Waals surface area (Å²) in [6, 6.07) is 12.8. The van der Waals surface area contributed by atoms with E-state index in [0.717, 1.165) is 15.1 Å². The molecule has 0 saturated heterocycles. The SMILES string of the molecule is O=C(Nc1nc(-c2ccccn2)ns1)c1ccc(I)cc1. The quantitative estimate of drug-likeness (QED) is 0.675. The molecule has 0 unspecified atom stereocenters. The maximum Gasteiger partial charge on any atom is 0.257 e. The van der Waals surface area contributed by atoms with Gasteiger partial charge in [-0.25, -0.2) is 0 Å². The number of aromatic nitrogens is 3. The summed E-state index contributed by atoms with van der Waals surface area (Å²) in [6.45, 7) is 0. The second-order valence-corrected chi connectivity index (χ2v) is 6.10. The van der Waals surface area contributed by atoms with Crippen molar-refractivity contribution in [3.05, 3.63) is 57.8 Å². The van der Waals surface area contributed by atoms with Crippen LogP contribution in [0.15, 0.2) is 48.7 Å². The molecule has 0 fully saturated rings. The monoisotopic (exact) mass is 408 g/mol. The summed E-state index contributed by atoms with van der Waals surface area (Å²) in [5.74, 6) is 0.314. The van der Waals surface area contributed by atoms with Crippen molar-refractivity contribution in [3.63, 3.8) is 0 Å². The molecule has 0 aliphatic heterocycles. The minimum absolute atomic E-state index is 0.199. The van der Waals surface area contributed by atoms with Crippen LogP contribution in [0.2, 0.25) is 0 Å². The van der Waals surface area contributed by atoms with Crippen LogP contribution in [0.5, 0.6) is 0 Å². The number of rotatable bonds is 3. The fraction of sp³-hybridized carbons (Fsp3) is 0. The highest BCUT2D eigenvalue weighted by Crippen LogP contribution is 2.19. The predicted octanol–water partition coefficient (Wildman–Crippen LogP) is 3.46. The number of carbonyl (C=O) groups is 1. The van der Waals surface area contributed by atoms with Crippen molar-refractivity contribution >= 4 is 45.2 Å². The molecule has 0 atom stereocenters. The molecule has 0 bridgehead atoms. The first-order valence-electron chi connectivity index (χ1n) is 6.04. The number of hydrogen-bond acceptors (Lipinski definition) is 5. The van der Waals surface area contributed by atoms with E-state index >= 15 is 0 Å². The third-order valence-corrected chi connectivity index (χ3v) is 4.00. The van der Waals surface area contributed by atoms with Crippen molar-refractivity contribution in [3.8, 4) is 11.5 Å². The molecule has 5 nitrogen and oxygen atoms in total. The first kappa shape index (κ1) is 14.1. The lowest BCUT2D eigenvalue weighted by atomic mass is 10.2. The van der Waals surface area contributed by atoms with Crippen molar-refractivity contribution in [1.29, 1.82) is 0 Å². The molecular formula is C14H9IN4OS. The lowest BCUT2D eigenvalue weighted by Gasteiger charge is -2.00. The predicted molar refractivity (Wildman–Crippen MR) is 90.3 cm³/mol. The Morgan fingerprint density at radius 3 is 2.67 bits per heavy atom. The molecular weight excluding hydrogens is 399 g/mol. The standard InChI is InChI=1S/C14H9IN4OS/c15-10-6-4-9(5-7-10)13(20)18-14-17-12(19-21-14)11-3-1-2-8-16-11/h1-8H,(H,17,18,19,20). The molecule has 1 aromatic carbocycles. The number of halogens is 1. The van der Waals surface area contributed by atoms with Crippen molar-refractivity contribution in [2.24, 2.45) is 0 Å². The molecule has 0 spiro atoms. The van der Waals surface area contributed by atoms with E-state index in [0.29, 0.717) is 22.2 Å². The number of carbonyl (C=O) groups excluding carboxylic acids is 1. The molecule has 7 heteroatoms. The van der Waals surface area contributed by atoms with Crippen LogP contribution in [-0.4, -0.2) is 20.2 Å². The number of nitrogens with zero attached hydrogens (tertiary/aromatic N) is 3. The van der Waals surface area contributed by atoms with Gasteiger partial charge in [-0.1, -0.05) is 6.07 Å². The maximum absolute atomic E-state index is 12.1. The molecule has 0 radical (unpaired) electrons. The fourth-order valence-corrected chi connectivity index (χ4v) is 2.58. The lowest BCUT2D eigenvalue weighted by molar-refractivity contribution is 0.102. The van der Waals surface area contributed by atoms with Gasteiger partial charge in [0.15, 0.2) is 5.82 Å². The third kappa shape index (κ3) is 3.42. The van der Waals surface area contributed by atoms with Gasteiger partial charge < -0.3 is 0 Å². The Hall–Kier alpha value is -1.87. The van der Waals surface area contributed by atoms with E-state index in [1.54, 1.807) is 18.3 Å². The molecule has 21 heavy (non-hydrogen) atoms. The minimum atomic E-state index is -0.199. The molecule has 1 amide bonds. The first-order valence-corrected chi connectivity index (χ1v) is 7.89. The summed E-state index contributed by atoms with van der Waals surface area (Å²) >= 11 is 3.33. The van der Waals surface area contributed by atoms with Crippen LogP contribution in [0.4, 0.5) is 5.13 Å². The second-order valence-electron chi connectivity index (χ2n) is 4.10. The summed E-state index contributed by atoms with van der Waals surface area (Å²) < 4.78 is 5.28. The van der Waals surface area contributed by atoms with Gasteiger partial charge in [0.05, 0.1) is 0 Å². The molecule has 2 aromatic heterocycles. The zero-order chi connectivity index (χ0) is 14.7. The first-order chi connectivity index (χ1) is 10.2. The lowest BCUT2D eigenvalue weighted by Crippen LogP contribution is -2.11. The molecule has 3 aromatic rings. The Morgan fingerprint density at radius 1 is 1.14 bits per heavy atom. The van der Waals surface area contributed by atoms with E-state index in [4.69, 9.17) is 0 Å². The van der Waals surface area contributed by atoms with Crippen molar-refractivity contribution in [2.45, 2.75) is 0 Å². The summed E-state index contributed by atoms with van der Waals surface area (Å²) in [5.41, 5.74) is 1.27. The van der Waals surface area contributed by atoms with Gasteiger partial charge in [-0.05, 0) is 59.0 Å². The van der Waals surface area contributed by atoms with Gasteiger partial charge in [0.1, 0.15) is 5.69 Å². The molecule has 0 saturated carbocycles. The summed E-state index contributed by atoms with van der Waals surface area (Å²) in [6.07, 6.45) is 1.68. The van der Waals surface area contributed by atoms with Gasteiger partial charge in [-0.2, -0.15) is 9.36 Å². The van der Waals surface area contributed by atoms with Gasteiger partial charge in [0, 0.05) is 26.9 Å². The van der Waals surface area contributed by atoms with E-state index in [9.17, 15) is 4.79 Å². The van der Waals surface area contributed by atoms with E-state index in [-0.39, 0.29) is 5.91 Å². The molecule has 0 aliphatic rings. The van der Waals surface area contributed by atoms with Crippen LogP contribution in [0.25, 0.3) is 11.5 Å². The van der Waals surface area contributed by atoms with Gasteiger partial charge in [0.2, 0.25) is 5.13 Å². The van der Waals surface area contributed by atoms with Gasteiger partial charge >= 0.3 is 0 Å². The largest absolute Gasteiger partial charge is 0.297 e. The minimum Gasteiger partial charge on any atom is -0.297 e. The van der Waals surface area contributed by atoms with E-state index in [1.165, 1.54) is 0 Å². The highest BCUT2D eigenvalue weighted by molar-refractivity contribution is 14.1. The van der Waals surface area contributed by atoms with Crippen LogP contribution >= 0.6 is 34.1 Å². The number of hydrogen-bond donors (Lipinski definition) is 1. The highest BCUT2D eigenvalue weighted by atomic mass is 127. The summed E-state index contributed by atoms with van der Waals surface area (Å²) in [4.78, 5) is 20.5. The number of amides is 1. The fourth-order valence-electron chi connectivity index (χ4n) is 1.64. The summed E-state index contributed by atoms with van der Waals surface area (Å²) in [7, 11) is 0. The maximum atomic E-state index is 12.1. The Kier molecular flexibility index (Phi) is 4.20. The topological polar surface area (TPSA) is 67.8 Å². The molecule has 104 valence electrons. The van der Waals surface area contributed by atoms with Crippen LogP contribution in [0.3, 0.4) is 0 Å². The zero-order valence-electron chi connectivity index (χ0n) is 10.7. The molecule has 0 aliphatic carbocycles. The number of nitrogens with one attached hydrogen (secondary N) is 1. The van der Waals surface area contributed by atoms with Crippen molar-refractivity contribution < 1.29 is 4.79 Å². The number of pyridine rings is 1. The Bertz CT molecular complexity index is 758. The third-order valence-electron chi connectivity index (χ3n) is 2.65. The zero-order valence-corrected chi connectivity index (χ0v) is 13.6. The van der Waals surface area contributed by atoms with Crippen LogP contribution in [-0.2, 0) is 0 Å². The van der Waals surface area contributed by atoms with Crippen molar-refractivity contribution in [2.75, 3.05) is 5.32 Å². The molecule has 3 rings (SSSR count). The van der Waals surface area contributed by atoms with E-state index in [1.807, 2.05) is 30.3 Å². The molecule has 2 heterocycles. The number of anilines is 1. The normalized spacial score (nSPS) is 10.3. The molecule has 1 N–H and O–H groups in total. The Morgan fingerprint density at radius 2 is 1.95 bits per heavy atom. The summed E-state index contributed by atoms with van der Waals surface area (Å²) in [5, 5.41) is 3.20. The van der Waals surface area contributed by atoms with Crippen molar-refractivity contribution in [1.82, 2.24) is 14.3 Å². The second kappa shape index (κ2) is 6.27. The average molecular weight is 408 g/mol. The van der Waals surface area contributed by atoms with Crippen LogP contribution < -0.4 is 5.32 Å². The van der Waals surface area contributed by atoms with Crippen LogP contribution in [0.1, 0.15) is 10.4 Å². The van der Waals surface area contributed by atoms with E-state index in [2.05, 4.69) is 42.2 Å². The Balaban J connectivity index is 1.75. The van der Waals surface area contributed by atoms with Crippen LogP contribution in [0, 0.1) is 3.57 Å². The number of benzene rings is 1. The Labute approximate surface area is 138 Å².